The largest absolute Gasteiger partial charge is 0.397 e. The number of rotatable bonds is 9. The van der Waals surface area contributed by atoms with Gasteiger partial charge >= 0.3 is 0 Å². The number of nitrogens with one attached hydrogen (secondary N) is 1. The Kier molecular flexibility index (Phi) is 7.72. The quantitative estimate of drug-likeness (QED) is 0.521. The number of ether oxygens (including phenoxy) is 1. The van der Waals surface area contributed by atoms with E-state index in [4.69, 9.17) is 10.5 Å². The average molecular weight is 460 g/mol. The maximum atomic E-state index is 13.6. The summed E-state index contributed by atoms with van der Waals surface area (Å²) in [5.41, 5.74) is 9.48. The first-order valence-electron chi connectivity index (χ1n) is 11.5. The third kappa shape index (κ3) is 5.75. The molecule has 1 aliphatic rings. The Labute approximate surface area is 193 Å². The van der Waals surface area contributed by atoms with Crippen molar-refractivity contribution in [2.75, 3.05) is 41.7 Å². The van der Waals surface area contributed by atoms with Gasteiger partial charge in [0, 0.05) is 26.3 Å². The summed E-state index contributed by atoms with van der Waals surface area (Å²) in [6.07, 6.45) is 2.90. The summed E-state index contributed by atoms with van der Waals surface area (Å²) in [6.45, 7) is 11.1. The molecule has 1 fully saturated rings. The van der Waals surface area contributed by atoms with Crippen LogP contribution in [-0.4, -0.2) is 34.7 Å². The van der Waals surface area contributed by atoms with Crippen molar-refractivity contribution in [3.63, 3.8) is 0 Å². The van der Waals surface area contributed by atoms with Gasteiger partial charge in [-0.25, -0.2) is 8.42 Å². The summed E-state index contributed by atoms with van der Waals surface area (Å²) in [7, 11) is -3.75. The van der Waals surface area contributed by atoms with Crippen LogP contribution in [0.3, 0.4) is 0 Å². The predicted molar refractivity (Wildman–Crippen MR) is 133 cm³/mol. The maximum absolute atomic E-state index is 13.6. The molecule has 0 spiro atoms. The van der Waals surface area contributed by atoms with Crippen LogP contribution in [0.2, 0.25) is 0 Å². The lowest BCUT2D eigenvalue weighted by Gasteiger charge is -2.34. The molecule has 1 aliphatic heterocycles. The minimum atomic E-state index is -3.75. The fraction of sp³-hybridized carbons (Fsp3) is 0.520. The smallest absolute Gasteiger partial charge is 0.264 e. The molecule has 0 aromatic heterocycles. The van der Waals surface area contributed by atoms with Crippen molar-refractivity contribution in [1.82, 2.24) is 0 Å². The zero-order valence-corrected chi connectivity index (χ0v) is 20.5. The van der Waals surface area contributed by atoms with Gasteiger partial charge in [-0.15, -0.1) is 0 Å². The maximum Gasteiger partial charge on any atom is 0.264 e. The summed E-state index contributed by atoms with van der Waals surface area (Å²) >= 11 is 0. The number of hydrogen-bond donors (Lipinski definition) is 2. The average Bonchev–Trinajstić information content (AvgIpc) is 2.77. The molecule has 7 heteroatoms. The van der Waals surface area contributed by atoms with E-state index in [1.54, 1.807) is 18.2 Å². The van der Waals surface area contributed by atoms with Crippen molar-refractivity contribution in [3.8, 4) is 0 Å². The molecule has 0 bridgehead atoms. The van der Waals surface area contributed by atoms with Crippen LogP contribution in [0.1, 0.15) is 46.1 Å². The topological polar surface area (TPSA) is 84.7 Å². The second-order valence-corrected chi connectivity index (χ2v) is 11.3. The molecule has 3 rings (SSSR count). The van der Waals surface area contributed by atoms with Gasteiger partial charge < -0.3 is 15.8 Å². The normalized spacial score (nSPS) is 16.2. The zero-order valence-electron chi connectivity index (χ0n) is 19.7. The molecule has 176 valence electrons. The van der Waals surface area contributed by atoms with E-state index in [9.17, 15) is 8.42 Å². The molecule has 0 amide bonds. The van der Waals surface area contributed by atoms with Gasteiger partial charge in [-0.1, -0.05) is 39.8 Å². The van der Waals surface area contributed by atoms with E-state index in [2.05, 4.69) is 19.2 Å². The molecule has 32 heavy (non-hydrogen) atoms. The molecular formula is C25H37N3O3S. The molecule has 0 atom stereocenters. The van der Waals surface area contributed by atoms with Gasteiger partial charge in [-0.05, 0) is 66.5 Å². The van der Waals surface area contributed by atoms with Gasteiger partial charge in [0.1, 0.15) is 0 Å². The standard InChI is InChI=1S/C25H37N3O3S/c1-5-20-6-8-21(9-7-20)28(17-19(2)3)32(29,30)22-10-11-24(23(26)16-22)27-18-25(4)12-14-31-15-13-25/h6-11,16,19,27H,5,12-15,17-18,26H2,1-4H3. The molecule has 3 N–H and O–H groups in total. The molecular weight excluding hydrogens is 422 g/mol. The Morgan fingerprint density at radius 3 is 2.34 bits per heavy atom. The number of aryl methyl sites for hydroxylation is 1. The monoisotopic (exact) mass is 459 g/mol. The first-order chi connectivity index (χ1) is 15.1. The summed E-state index contributed by atoms with van der Waals surface area (Å²) in [5, 5.41) is 3.42. The highest BCUT2D eigenvalue weighted by atomic mass is 32.2. The van der Waals surface area contributed by atoms with E-state index in [-0.39, 0.29) is 16.2 Å². The summed E-state index contributed by atoms with van der Waals surface area (Å²) < 4.78 is 34.1. The Hall–Kier alpha value is -2.25. The van der Waals surface area contributed by atoms with Crippen molar-refractivity contribution in [2.45, 2.75) is 51.9 Å². The predicted octanol–water partition coefficient (Wildman–Crippen LogP) is 4.91. The number of sulfonamides is 1. The van der Waals surface area contributed by atoms with Crippen LogP contribution in [0.25, 0.3) is 0 Å². The van der Waals surface area contributed by atoms with Gasteiger partial charge in [0.05, 0.1) is 22.0 Å². The first kappa shape index (κ1) is 24.4. The highest BCUT2D eigenvalue weighted by Crippen LogP contribution is 2.32. The SMILES string of the molecule is CCc1ccc(N(CC(C)C)S(=O)(=O)c2ccc(NCC3(C)CCOCC3)c(N)c2)cc1. The molecule has 0 saturated carbocycles. The van der Waals surface area contributed by atoms with Crippen molar-refractivity contribution >= 4 is 27.1 Å². The molecule has 0 radical (unpaired) electrons. The fourth-order valence-electron chi connectivity index (χ4n) is 3.91. The Bertz CT molecular complexity index is 998. The number of anilines is 3. The molecule has 0 unspecified atom stereocenters. The van der Waals surface area contributed by atoms with E-state index in [1.165, 1.54) is 9.87 Å². The van der Waals surface area contributed by atoms with Crippen LogP contribution in [0.15, 0.2) is 47.4 Å². The van der Waals surface area contributed by atoms with Crippen LogP contribution in [-0.2, 0) is 21.2 Å². The van der Waals surface area contributed by atoms with Gasteiger partial charge in [-0.2, -0.15) is 0 Å². The number of nitrogens with zero attached hydrogens (tertiary/aromatic N) is 1. The van der Waals surface area contributed by atoms with E-state index >= 15 is 0 Å². The molecule has 1 heterocycles. The lowest BCUT2D eigenvalue weighted by molar-refractivity contribution is 0.0300. The minimum Gasteiger partial charge on any atom is -0.397 e. The summed E-state index contributed by atoms with van der Waals surface area (Å²) in [5.74, 6) is 0.175. The van der Waals surface area contributed by atoms with Crippen molar-refractivity contribution in [1.29, 1.82) is 0 Å². The molecule has 0 aliphatic carbocycles. The molecule has 2 aromatic rings. The van der Waals surface area contributed by atoms with Gasteiger partial charge in [-0.3, -0.25) is 4.31 Å². The summed E-state index contributed by atoms with van der Waals surface area (Å²) in [4.78, 5) is 0.207. The highest BCUT2D eigenvalue weighted by Gasteiger charge is 2.28. The van der Waals surface area contributed by atoms with E-state index < -0.39 is 10.0 Å². The molecule has 2 aromatic carbocycles. The Morgan fingerprint density at radius 2 is 1.78 bits per heavy atom. The summed E-state index contributed by atoms with van der Waals surface area (Å²) in [6, 6.07) is 12.7. The van der Waals surface area contributed by atoms with Crippen molar-refractivity contribution in [2.24, 2.45) is 11.3 Å². The fourth-order valence-corrected chi connectivity index (χ4v) is 5.57. The van der Waals surface area contributed by atoms with Crippen LogP contribution in [0, 0.1) is 11.3 Å². The van der Waals surface area contributed by atoms with Crippen molar-refractivity contribution < 1.29 is 13.2 Å². The van der Waals surface area contributed by atoms with Crippen molar-refractivity contribution in [3.05, 3.63) is 48.0 Å². The Morgan fingerprint density at radius 1 is 1.12 bits per heavy atom. The molecule has 1 saturated heterocycles. The third-order valence-corrected chi connectivity index (χ3v) is 7.97. The van der Waals surface area contributed by atoms with E-state index in [1.807, 2.05) is 38.1 Å². The number of nitrogen functional groups attached to an aromatic ring is 1. The lowest BCUT2D eigenvalue weighted by Crippen LogP contribution is -2.34. The van der Waals surface area contributed by atoms with E-state index in [0.29, 0.717) is 17.9 Å². The zero-order chi connectivity index (χ0) is 23.4. The van der Waals surface area contributed by atoms with Gasteiger partial charge in [0.15, 0.2) is 0 Å². The van der Waals surface area contributed by atoms with Crippen LogP contribution in [0.4, 0.5) is 17.1 Å². The number of hydrogen-bond acceptors (Lipinski definition) is 5. The molecule has 6 nitrogen and oxygen atoms in total. The van der Waals surface area contributed by atoms with Gasteiger partial charge in [0.2, 0.25) is 0 Å². The highest BCUT2D eigenvalue weighted by molar-refractivity contribution is 7.92. The number of nitrogens with two attached hydrogens (primary N) is 1. The second-order valence-electron chi connectivity index (χ2n) is 9.48. The van der Waals surface area contributed by atoms with E-state index in [0.717, 1.165) is 44.7 Å². The van der Waals surface area contributed by atoms with Crippen LogP contribution >= 0.6 is 0 Å². The third-order valence-electron chi connectivity index (χ3n) is 6.18. The minimum absolute atomic E-state index is 0.147. The number of benzene rings is 2. The van der Waals surface area contributed by atoms with Crippen LogP contribution < -0.4 is 15.4 Å². The van der Waals surface area contributed by atoms with Gasteiger partial charge in [0.25, 0.3) is 10.0 Å². The van der Waals surface area contributed by atoms with Crippen LogP contribution in [0.5, 0.6) is 0 Å². The second kappa shape index (κ2) is 10.1. The Balaban J connectivity index is 1.83. The first-order valence-corrected chi connectivity index (χ1v) is 12.9. The lowest BCUT2D eigenvalue weighted by atomic mass is 9.82.